The van der Waals surface area contributed by atoms with E-state index in [9.17, 15) is 4.79 Å². The van der Waals surface area contributed by atoms with Crippen molar-refractivity contribution in [3.63, 3.8) is 0 Å². The van der Waals surface area contributed by atoms with E-state index < -0.39 is 0 Å². The molecule has 1 aromatic carbocycles. The molecule has 3 nitrogen and oxygen atoms in total. The van der Waals surface area contributed by atoms with Crippen LogP contribution in [0, 0.1) is 0 Å². The zero-order valence-corrected chi connectivity index (χ0v) is 10.0. The Kier molecular flexibility index (Phi) is 3.77. The van der Waals surface area contributed by atoms with Crippen LogP contribution in [0.25, 0.3) is 0 Å². The summed E-state index contributed by atoms with van der Waals surface area (Å²) in [6.07, 6.45) is 1.70. The highest BCUT2D eigenvalue weighted by Gasteiger charge is 2.07. The Morgan fingerprint density at radius 3 is 2.65 bits per heavy atom. The molecular weight excluding hydrogens is 232 g/mol. The van der Waals surface area contributed by atoms with Gasteiger partial charge in [0.15, 0.2) is 0 Å². The van der Waals surface area contributed by atoms with E-state index in [0.717, 1.165) is 5.69 Å². The van der Waals surface area contributed by atoms with E-state index >= 15 is 0 Å². The predicted octanol–water partition coefficient (Wildman–Crippen LogP) is 2.30. The number of carbonyl (C=O) groups is 1. The second-order valence-corrected chi connectivity index (χ2v) is 4.00. The standard InChI is InChI=1S/C13H12N2OS/c16-13(11-6-1-2-7-12(11)17)15-9-10-5-3-4-8-14-10/h1-8,17H,9H2,(H,15,16). The first-order chi connectivity index (χ1) is 8.27. The lowest BCUT2D eigenvalue weighted by Gasteiger charge is -2.06. The van der Waals surface area contributed by atoms with Gasteiger partial charge in [0.05, 0.1) is 17.8 Å². The van der Waals surface area contributed by atoms with E-state index in [1.807, 2.05) is 30.3 Å². The molecule has 2 aromatic rings. The number of nitrogens with one attached hydrogen (secondary N) is 1. The van der Waals surface area contributed by atoms with Crippen LogP contribution in [0.1, 0.15) is 16.1 Å². The van der Waals surface area contributed by atoms with Gasteiger partial charge in [-0.1, -0.05) is 18.2 Å². The Morgan fingerprint density at radius 2 is 1.94 bits per heavy atom. The molecule has 0 unspecified atom stereocenters. The second-order valence-electron chi connectivity index (χ2n) is 3.52. The van der Waals surface area contributed by atoms with Crippen LogP contribution in [-0.2, 0) is 6.54 Å². The summed E-state index contributed by atoms with van der Waals surface area (Å²) >= 11 is 4.24. The number of hydrogen-bond acceptors (Lipinski definition) is 3. The summed E-state index contributed by atoms with van der Waals surface area (Å²) in [6, 6.07) is 12.8. The van der Waals surface area contributed by atoms with Gasteiger partial charge < -0.3 is 5.32 Å². The van der Waals surface area contributed by atoms with E-state index in [1.54, 1.807) is 18.3 Å². The Bertz CT molecular complexity index is 514. The Labute approximate surface area is 105 Å². The minimum atomic E-state index is -0.138. The van der Waals surface area contributed by atoms with Crippen LogP contribution in [0.5, 0.6) is 0 Å². The van der Waals surface area contributed by atoms with Gasteiger partial charge in [0.1, 0.15) is 0 Å². The molecule has 0 saturated heterocycles. The van der Waals surface area contributed by atoms with Crippen LogP contribution in [0.2, 0.25) is 0 Å². The average molecular weight is 244 g/mol. The van der Waals surface area contributed by atoms with Crippen molar-refractivity contribution in [3.8, 4) is 0 Å². The molecule has 0 aliphatic rings. The monoisotopic (exact) mass is 244 g/mol. The van der Waals surface area contributed by atoms with Gasteiger partial charge in [-0.15, -0.1) is 12.6 Å². The van der Waals surface area contributed by atoms with E-state index in [0.29, 0.717) is 17.0 Å². The summed E-state index contributed by atoms with van der Waals surface area (Å²) in [7, 11) is 0. The van der Waals surface area contributed by atoms with Gasteiger partial charge in [-0.2, -0.15) is 0 Å². The number of rotatable bonds is 3. The Balaban J connectivity index is 2.01. The first kappa shape index (κ1) is 11.7. The van der Waals surface area contributed by atoms with Gasteiger partial charge in [-0.05, 0) is 24.3 Å². The maximum Gasteiger partial charge on any atom is 0.252 e. The zero-order valence-electron chi connectivity index (χ0n) is 9.13. The molecule has 1 amide bonds. The van der Waals surface area contributed by atoms with Crippen molar-refractivity contribution in [1.82, 2.24) is 10.3 Å². The van der Waals surface area contributed by atoms with Gasteiger partial charge in [0.2, 0.25) is 0 Å². The van der Waals surface area contributed by atoms with E-state index in [1.165, 1.54) is 0 Å². The number of nitrogens with zero attached hydrogens (tertiary/aromatic N) is 1. The molecule has 1 heterocycles. The number of amides is 1. The summed E-state index contributed by atoms with van der Waals surface area (Å²) < 4.78 is 0. The molecule has 4 heteroatoms. The summed E-state index contributed by atoms with van der Waals surface area (Å²) in [5.74, 6) is -0.138. The smallest absolute Gasteiger partial charge is 0.252 e. The second kappa shape index (κ2) is 5.50. The molecule has 0 saturated carbocycles. The van der Waals surface area contributed by atoms with Crippen molar-refractivity contribution in [3.05, 3.63) is 59.9 Å². The fourth-order valence-corrected chi connectivity index (χ4v) is 1.70. The van der Waals surface area contributed by atoms with Crippen molar-refractivity contribution in [2.45, 2.75) is 11.4 Å². The molecule has 1 aromatic heterocycles. The molecule has 0 spiro atoms. The normalized spacial score (nSPS) is 9.94. The van der Waals surface area contributed by atoms with Crippen molar-refractivity contribution >= 4 is 18.5 Å². The number of pyridine rings is 1. The third kappa shape index (κ3) is 3.07. The maximum atomic E-state index is 11.9. The fraction of sp³-hybridized carbons (Fsp3) is 0.0769. The van der Waals surface area contributed by atoms with Crippen molar-refractivity contribution in [1.29, 1.82) is 0 Å². The van der Waals surface area contributed by atoms with Crippen LogP contribution >= 0.6 is 12.6 Å². The quantitative estimate of drug-likeness (QED) is 0.813. The van der Waals surface area contributed by atoms with Crippen LogP contribution in [0.3, 0.4) is 0 Å². The number of carbonyl (C=O) groups excluding carboxylic acids is 1. The molecular formula is C13H12N2OS. The van der Waals surface area contributed by atoms with Gasteiger partial charge >= 0.3 is 0 Å². The van der Waals surface area contributed by atoms with Crippen LogP contribution in [-0.4, -0.2) is 10.9 Å². The molecule has 17 heavy (non-hydrogen) atoms. The van der Waals surface area contributed by atoms with Crippen molar-refractivity contribution in [2.75, 3.05) is 0 Å². The molecule has 0 fully saturated rings. The first-order valence-electron chi connectivity index (χ1n) is 5.23. The summed E-state index contributed by atoms with van der Waals surface area (Å²) in [6.45, 7) is 0.418. The van der Waals surface area contributed by atoms with Crippen LogP contribution in [0.15, 0.2) is 53.6 Å². The predicted molar refractivity (Wildman–Crippen MR) is 69.1 cm³/mol. The van der Waals surface area contributed by atoms with Crippen molar-refractivity contribution < 1.29 is 4.79 Å². The highest BCUT2D eigenvalue weighted by Crippen LogP contribution is 2.12. The maximum absolute atomic E-state index is 11.9. The summed E-state index contributed by atoms with van der Waals surface area (Å²) in [4.78, 5) is 16.7. The SMILES string of the molecule is O=C(NCc1ccccn1)c1ccccc1S. The number of aromatic nitrogens is 1. The molecule has 86 valence electrons. The lowest BCUT2D eigenvalue weighted by molar-refractivity contribution is 0.0947. The fourth-order valence-electron chi connectivity index (χ4n) is 1.43. The van der Waals surface area contributed by atoms with Crippen LogP contribution in [0.4, 0.5) is 0 Å². The molecule has 1 N–H and O–H groups in total. The third-order valence-electron chi connectivity index (χ3n) is 2.30. The highest BCUT2D eigenvalue weighted by molar-refractivity contribution is 7.80. The number of thiol groups is 1. The zero-order chi connectivity index (χ0) is 12.1. The largest absolute Gasteiger partial charge is 0.346 e. The van der Waals surface area contributed by atoms with Gasteiger partial charge in [0, 0.05) is 11.1 Å². The minimum absolute atomic E-state index is 0.138. The number of benzene rings is 1. The number of hydrogen-bond donors (Lipinski definition) is 2. The Morgan fingerprint density at radius 1 is 1.18 bits per heavy atom. The third-order valence-corrected chi connectivity index (χ3v) is 2.69. The topological polar surface area (TPSA) is 42.0 Å². The van der Waals surface area contributed by atoms with Gasteiger partial charge in [-0.3, -0.25) is 9.78 Å². The molecule has 0 bridgehead atoms. The van der Waals surface area contributed by atoms with E-state index in [-0.39, 0.29) is 5.91 Å². The molecule has 0 aliphatic carbocycles. The average Bonchev–Trinajstić information content (AvgIpc) is 2.38. The van der Waals surface area contributed by atoms with E-state index in [2.05, 4.69) is 22.9 Å². The lowest BCUT2D eigenvalue weighted by atomic mass is 10.2. The van der Waals surface area contributed by atoms with Gasteiger partial charge in [-0.25, -0.2) is 0 Å². The minimum Gasteiger partial charge on any atom is -0.346 e. The van der Waals surface area contributed by atoms with Crippen LogP contribution < -0.4 is 5.32 Å². The molecule has 0 aliphatic heterocycles. The molecule has 0 radical (unpaired) electrons. The molecule has 0 atom stereocenters. The summed E-state index contributed by atoms with van der Waals surface area (Å²) in [5, 5.41) is 2.81. The molecule has 2 rings (SSSR count). The van der Waals surface area contributed by atoms with Crippen molar-refractivity contribution in [2.24, 2.45) is 0 Å². The highest BCUT2D eigenvalue weighted by atomic mass is 32.1. The van der Waals surface area contributed by atoms with Gasteiger partial charge in [0.25, 0.3) is 5.91 Å². The summed E-state index contributed by atoms with van der Waals surface area (Å²) in [5.41, 5.74) is 1.41. The Hall–Kier alpha value is -1.81. The van der Waals surface area contributed by atoms with E-state index in [4.69, 9.17) is 0 Å². The first-order valence-corrected chi connectivity index (χ1v) is 5.68. The lowest BCUT2D eigenvalue weighted by Crippen LogP contribution is -2.23.